The molecule has 0 saturated heterocycles. The molecular formula is C9H13NO2S. The second-order valence-corrected chi connectivity index (χ2v) is 4.31. The molecule has 0 saturated carbocycles. The molecule has 0 aliphatic rings. The van der Waals surface area contributed by atoms with Crippen LogP contribution in [0.3, 0.4) is 0 Å². The maximum absolute atomic E-state index is 10.9. The third-order valence-corrected chi connectivity index (χ3v) is 1.84. The summed E-state index contributed by atoms with van der Waals surface area (Å²) in [6, 6.07) is 0. The fraction of sp³-hybridized carbons (Fsp3) is 0.333. The van der Waals surface area contributed by atoms with E-state index in [0.717, 1.165) is 6.26 Å². The molecule has 0 fully saturated rings. The van der Waals surface area contributed by atoms with Crippen LogP contribution in [0.25, 0.3) is 0 Å². The maximum atomic E-state index is 10.9. The van der Waals surface area contributed by atoms with Crippen LogP contribution in [0.4, 0.5) is 0 Å². The molecule has 0 aliphatic heterocycles. The second kappa shape index (κ2) is 4.73. The molecule has 0 rings (SSSR count). The van der Waals surface area contributed by atoms with Gasteiger partial charge in [0.1, 0.15) is 0 Å². The number of hydrogen-bond acceptors (Lipinski definition) is 2. The summed E-state index contributed by atoms with van der Waals surface area (Å²) in [5, 5.41) is 0. The molecule has 0 atom stereocenters. The Labute approximate surface area is 79.6 Å². The van der Waals surface area contributed by atoms with Gasteiger partial charge in [0.2, 0.25) is 10.0 Å². The standard InChI is InChI=1S/C9H13NO2S/c1-5-7-9(8(3)6-2)10-13(4,11)12/h2,5,7,10H,1,3-4H3. The van der Waals surface area contributed by atoms with E-state index in [1.165, 1.54) is 0 Å². The molecule has 0 spiro atoms. The van der Waals surface area contributed by atoms with Gasteiger partial charge >= 0.3 is 0 Å². The van der Waals surface area contributed by atoms with Crippen LogP contribution in [0.2, 0.25) is 0 Å². The molecule has 4 heteroatoms. The van der Waals surface area contributed by atoms with Crippen molar-refractivity contribution in [2.24, 2.45) is 0 Å². The zero-order valence-corrected chi connectivity index (χ0v) is 8.77. The predicted octanol–water partition coefficient (Wildman–Crippen LogP) is 1.02. The fourth-order valence-corrected chi connectivity index (χ4v) is 1.30. The minimum absolute atomic E-state index is 0.438. The van der Waals surface area contributed by atoms with Crippen LogP contribution < -0.4 is 4.72 Å². The van der Waals surface area contributed by atoms with Crippen molar-refractivity contribution in [3.8, 4) is 12.3 Å². The molecule has 0 aliphatic carbocycles. The Balaban J connectivity index is 5.00. The van der Waals surface area contributed by atoms with Gasteiger partial charge in [-0.15, -0.1) is 6.42 Å². The largest absolute Gasteiger partial charge is 0.283 e. The van der Waals surface area contributed by atoms with Gasteiger partial charge < -0.3 is 0 Å². The summed E-state index contributed by atoms with van der Waals surface area (Å²) in [5.74, 6) is 2.37. The lowest BCUT2D eigenvalue weighted by molar-refractivity contribution is 0.595. The van der Waals surface area contributed by atoms with Gasteiger partial charge in [-0.2, -0.15) is 0 Å². The molecule has 0 amide bonds. The van der Waals surface area contributed by atoms with E-state index in [0.29, 0.717) is 11.3 Å². The molecular weight excluding hydrogens is 186 g/mol. The van der Waals surface area contributed by atoms with Crippen molar-refractivity contribution in [1.82, 2.24) is 4.72 Å². The summed E-state index contributed by atoms with van der Waals surface area (Å²) < 4.78 is 24.1. The third-order valence-electron chi connectivity index (χ3n) is 1.25. The molecule has 0 heterocycles. The van der Waals surface area contributed by atoms with E-state index in [2.05, 4.69) is 10.6 Å². The van der Waals surface area contributed by atoms with Crippen LogP contribution in [0.5, 0.6) is 0 Å². The van der Waals surface area contributed by atoms with Gasteiger partial charge in [0.15, 0.2) is 0 Å². The number of rotatable bonds is 3. The third kappa shape index (κ3) is 5.10. The molecule has 0 aromatic carbocycles. The second-order valence-electron chi connectivity index (χ2n) is 2.56. The minimum atomic E-state index is -3.26. The zero-order valence-electron chi connectivity index (χ0n) is 7.96. The molecule has 0 aromatic rings. The van der Waals surface area contributed by atoms with E-state index in [1.807, 2.05) is 0 Å². The van der Waals surface area contributed by atoms with E-state index >= 15 is 0 Å². The monoisotopic (exact) mass is 199 g/mol. The van der Waals surface area contributed by atoms with Gasteiger partial charge in [-0.05, 0) is 19.9 Å². The van der Waals surface area contributed by atoms with Gasteiger partial charge in [0.25, 0.3) is 0 Å². The first-order valence-electron chi connectivity index (χ1n) is 3.68. The summed E-state index contributed by atoms with van der Waals surface area (Å²) in [5.41, 5.74) is 0.996. The van der Waals surface area contributed by atoms with Crippen molar-refractivity contribution in [2.45, 2.75) is 13.8 Å². The van der Waals surface area contributed by atoms with Crippen molar-refractivity contribution < 1.29 is 8.42 Å². The van der Waals surface area contributed by atoms with Crippen molar-refractivity contribution in [3.05, 3.63) is 23.4 Å². The summed E-state index contributed by atoms with van der Waals surface area (Å²) in [4.78, 5) is 0. The van der Waals surface area contributed by atoms with Crippen molar-refractivity contribution in [2.75, 3.05) is 6.26 Å². The first-order chi connectivity index (χ1) is 5.90. The fourth-order valence-electron chi connectivity index (χ4n) is 0.680. The lowest BCUT2D eigenvalue weighted by Gasteiger charge is -2.05. The first kappa shape index (κ1) is 11.8. The number of hydrogen-bond donors (Lipinski definition) is 1. The molecule has 0 bridgehead atoms. The van der Waals surface area contributed by atoms with E-state index in [9.17, 15) is 8.42 Å². The van der Waals surface area contributed by atoms with Gasteiger partial charge in [-0.25, -0.2) is 8.42 Å². The maximum Gasteiger partial charge on any atom is 0.229 e. The van der Waals surface area contributed by atoms with Crippen LogP contribution in [0.1, 0.15) is 13.8 Å². The van der Waals surface area contributed by atoms with Crippen LogP contribution >= 0.6 is 0 Å². The molecule has 1 N–H and O–H groups in total. The van der Waals surface area contributed by atoms with E-state index in [4.69, 9.17) is 6.42 Å². The summed E-state index contributed by atoms with van der Waals surface area (Å²) >= 11 is 0. The summed E-state index contributed by atoms with van der Waals surface area (Å²) in [6.45, 7) is 3.46. The van der Waals surface area contributed by atoms with Crippen LogP contribution in [0.15, 0.2) is 23.4 Å². The highest BCUT2D eigenvalue weighted by molar-refractivity contribution is 7.88. The quantitative estimate of drug-likeness (QED) is 0.545. The van der Waals surface area contributed by atoms with Crippen molar-refractivity contribution >= 4 is 10.0 Å². The predicted molar refractivity (Wildman–Crippen MR) is 54.3 cm³/mol. The lowest BCUT2D eigenvalue weighted by atomic mass is 10.2. The first-order valence-corrected chi connectivity index (χ1v) is 5.58. The Morgan fingerprint density at radius 1 is 1.54 bits per heavy atom. The number of terminal acetylenes is 1. The average molecular weight is 199 g/mol. The molecule has 0 aromatic heterocycles. The molecule has 13 heavy (non-hydrogen) atoms. The van der Waals surface area contributed by atoms with E-state index < -0.39 is 10.0 Å². The van der Waals surface area contributed by atoms with Gasteiger partial charge in [-0.1, -0.05) is 12.0 Å². The summed E-state index contributed by atoms with van der Waals surface area (Å²) in [6.07, 6.45) is 9.57. The van der Waals surface area contributed by atoms with E-state index in [-0.39, 0.29) is 0 Å². The lowest BCUT2D eigenvalue weighted by Crippen LogP contribution is -2.21. The Bertz CT molecular complexity index is 369. The van der Waals surface area contributed by atoms with Crippen LogP contribution in [-0.4, -0.2) is 14.7 Å². The molecule has 0 radical (unpaired) electrons. The van der Waals surface area contributed by atoms with Crippen molar-refractivity contribution in [3.63, 3.8) is 0 Å². The minimum Gasteiger partial charge on any atom is -0.283 e. The normalized spacial score (nSPS) is 13.7. The number of sulfonamides is 1. The molecule has 3 nitrogen and oxygen atoms in total. The van der Waals surface area contributed by atoms with Crippen LogP contribution in [0, 0.1) is 12.3 Å². The Morgan fingerprint density at radius 3 is 2.38 bits per heavy atom. The van der Waals surface area contributed by atoms with Gasteiger partial charge in [0, 0.05) is 5.57 Å². The van der Waals surface area contributed by atoms with Crippen LogP contribution in [-0.2, 0) is 10.0 Å². The van der Waals surface area contributed by atoms with E-state index in [1.54, 1.807) is 26.0 Å². The highest BCUT2D eigenvalue weighted by Gasteiger charge is 2.03. The number of allylic oxidation sites excluding steroid dienone is 3. The smallest absolute Gasteiger partial charge is 0.229 e. The highest BCUT2D eigenvalue weighted by atomic mass is 32.2. The average Bonchev–Trinajstić information content (AvgIpc) is 2.00. The zero-order chi connectivity index (χ0) is 10.5. The Morgan fingerprint density at radius 2 is 2.08 bits per heavy atom. The Hall–Kier alpha value is -1.21. The van der Waals surface area contributed by atoms with Gasteiger partial charge in [0.05, 0.1) is 12.0 Å². The topological polar surface area (TPSA) is 46.2 Å². The molecule has 72 valence electrons. The molecule has 0 unspecified atom stereocenters. The SMILES string of the molecule is C#CC(C)=C(C=CC)NS(C)(=O)=O. The van der Waals surface area contributed by atoms with Crippen molar-refractivity contribution in [1.29, 1.82) is 0 Å². The summed E-state index contributed by atoms with van der Waals surface area (Å²) in [7, 11) is -3.26. The number of nitrogens with one attached hydrogen (secondary N) is 1. The Kier molecular flexibility index (Phi) is 4.29. The highest BCUT2D eigenvalue weighted by Crippen LogP contribution is 2.02. The van der Waals surface area contributed by atoms with Gasteiger partial charge in [-0.3, -0.25) is 4.72 Å².